The molecule has 0 bridgehead atoms. The van der Waals surface area contributed by atoms with E-state index < -0.39 is 58.5 Å². The van der Waals surface area contributed by atoms with Crippen molar-refractivity contribution in [3.05, 3.63) is 68.7 Å². The Kier molecular flexibility index (Phi) is 7.92. The molecule has 0 saturated heterocycles. The Morgan fingerprint density at radius 2 is 0.812 bits per heavy atom. The van der Waals surface area contributed by atoms with Crippen LogP contribution in [0, 0.1) is 0 Å². The van der Waals surface area contributed by atoms with Crippen LogP contribution in [0.15, 0.2) is 40.9 Å². The van der Waals surface area contributed by atoms with Crippen molar-refractivity contribution in [3.8, 4) is 0 Å². The van der Waals surface area contributed by atoms with Crippen molar-refractivity contribution in [1.82, 2.24) is 0 Å². The van der Waals surface area contributed by atoms with Crippen LogP contribution in [0.2, 0.25) is 0 Å². The van der Waals surface area contributed by atoms with Crippen LogP contribution in [0.25, 0.3) is 0 Å². The Morgan fingerprint density at radius 3 is 1.03 bits per heavy atom. The lowest BCUT2D eigenvalue weighted by molar-refractivity contribution is -0.144. The van der Waals surface area contributed by atoms with Crippen LogP contribution in [0.5, 0.6) is 0 Å². The zero-order valence-corrected chi connectivity index (χ0v) is 16.3. The van der Waals surface area contributed by atoms with Crippen LogP contribution in [0.4, 0.5) is 52.7 Å². The van der Waals surface area contributed by atoms with Gasteiger partial charge < -0.3 is 5.11 Å². The summed E-state index contributed by atoms with van der Waals surface area (Å²) < 4.78 is 146. The summed E-state index contributed by atoms with van der Waals surface area (Å²) in [5, 5.41) is 8.43. The van der Waals surface area contributed by atoms with Gasteiger partial charge in [-0.3, -0.25) is 0 Å². The summed E-state index contributed by atoms with van der Waals surface area (Å²) in [6, 6.07) is 1.43. The first-order chi connectivity index (χ1) is 14.1. The largest absolute Gasteiger partial charge is 0.478 e. The number of carboxylic acid groups (broad SMARTS) is 1. The molecule has 0 radical (unpaired) electrons. The highest BCUT2D eigenvalue weighted by Crippen LogP contribution is 2.38. The summed E-state index contributed by atoms with van der Waals surface area (Å²) in [6.45, 7) is 0. The molecule has 32 heavy (non-hydrogen) atoms. The van der Waals surface area contributed by atoms with Crippen LogP contribution >= 0.6 is 15.9 Å². The first-order valence-corrected chi connectivity index (χ1v) is 8.39. The molecule has 0 atom stereocenters. The third kappa shape index (κ3) is 7.91. The van der Waals surface area contributed by atoms with Crippen LogP contribution in [0.3, 0.4) is 0 Å². The zero-order chi connectivity index (χ0) is 25.3. The Labute approximate surface area is 178 Å². The van der Waals surface area contributed by atoms with Gasteiger partial charge in [0.15, 0.2) is 0 Å². The van der Waals surface area contributed by atoms with E-state index in [0.29, 0.717) is 12.1 Å². The fraction of sp³-hybridized carbons (Fsp3) is 0.235. The summed E-state index contributed by atoms with van der Waals surface area (Å²) >= 11 is 2.60. The quantitative estimate of drug-likeness (QED) is 0.366. The molecule has 0 aliphatic carbocycles. The Morgan fingerprint density at radius 1 is 0.562 bits per heavy atom. The second-order valence-electron chi connectivity index (χ2n) is 5.82. The molecule has 0 amide bonds. The topological polar surface area (TPSA) is 37.3 Å². The average molecular weight is 551 g/mol. The molecule has 2 nitrogen and oxygen atoms in total. The van der Waals surface area contributed by atoms with Gasteiger partial charge in [-0.15, -0.1) is 0 Å². The molecule has 178 valence electrons. The fourth-order valence-corrected chi connectivity index (χ4v) is 2.49. The molecule has 0 spiro atoms. The molecule has 0 unspecified atom stereocenters. The van der Waals surface area contributed by atoms with Gasteiger partial charge in [0.05, 0.1) is 27.8 Å². The van der Waals surface area contributed by atoms with E-state index in [1.807, 2.05) is 0 Å². The van der Waals surface area contributed by atoms with Crippen LogP contribution in [-0.2, 0) is 24.7 Å². The zero-order valence-electron chi connectivity index (χ0n) is 14.7. The molecule has 15 heteroatoms. The minimum Gasteiger partial charge on any atom is -0.478 e. The van der Waals surface area contributed by atoms with E-state index in [0.717, 1.165) is 0 Å². The summed E-state index contributed by atoms with van der Waals surface area (Å²) in [7, 11) is 0. The van der Waals surface area contributed by atoms with E-state index >= 15 is 0 Å². The van der Waals surface area contributed by atoms with Gasteiger partial charge in [0.25, 0.3) is 0 Å². The van der Waals surface area contributed by atoms with Gasteiger partial charge in [0, 0.05) is 4.47 Å². The van der Waals surface area contributed by atoms with Gasteiger partial charge in [-0.2, -0.15) is 52.7 Å². The van der Waals surface area contributed by atoms with Gasteiger partial charge in [-0.25, -0.2) is 4.79 Å². The smallest absolute Gasteiger partial charge is 0.416 e. The number of halogens is 13. The van der Waals surface area contributed by atoms with E-state index in [9.17, 15) is 57.5 Å². The van der Waals surface area contributed by atoms with Crippen molar-refractivity contribution in [2.45, 2.75) is 24.7 Å². The van der Waals surface area contributed by atoms with Crippen LogP contribution in [0.1, 0.15) is 32.6 Å². The van der Waals surface area contributed by atoms with Gasteiger partial charge in [0.2, 0.25) is 0 Å². The normalized spacial score (nSPS) is 12.8. The maximum absolute atomic E-state index is 12.2. The lowest BCUT2D eigenvalue weighted by Gasteiger charge is -2.12. The molecule has 0 saturated carbocycles. The summed E-state index contributed by atoms with van der Waals surface area (Å²) in [4.78, 5) is 10.4. The molecular formula is C17H7BrF12O2. The number of hydrogen-bond donors (Lipinski definition) is 1. The lowest BCUT2D eigenvalue weighted by atomic mass is 10.0. The maximum Gasteiger partial charge on any atom is 0.416 e. The molecule has 2 aromatic carbocycles. The molecule has 0 aromatic heterocycles. The molecule has 2 aromatic rings. The molecule has 0 aliphatic rings. The predicted molar refractivity (Wildman–Crippen MR) is 87.6 cm³/mol. The highest BCUT2D eigenvalue weighted by molar-refractivity contribution is 9.10. The molecule has 0 aliphatic heterocycles. The molecule has 2 rings (SSSR count). The molecular weight excluding hydrogens is 544 g/mol. The Bertz CT molecular complexity index is 907. The number of aromatic carboxylic acids is 1. The van der Waals surface area contributed by atoms with Crippen LogP contribution < -0.4 is 0 Å². The van der Waals surface area contributed by atoms with Crippen molar-refractivity contribution < 1.29 is 62.6 Å². The number of alkyl halides is 12. The van der Waals surface area contributed by atoms with Crippen molar-refractivity contribution in [2.24, 2.45) is 0 Å². The van der Waals surface area contributed by atoms with E-state index in [2.05, 4.69) is 15.9 Å². The van der Waals surface area contributed by atoms with Crippen molar-refractivity contribution in [3.63, 3.8) is 0 Å². The van der Waals surface area contributed by atoms with Crippen molar-refractivity contribution >= 4 is 21.9 Å². The third-order valence-electron chi connectivity index (χ3n) is 3.39. The number of rotatable bonds is 1. The SMILES string of the molecule is FC(F)(F)c1cc(Br)cc(C(F)(F)F)c1.O=C(O)c1cc(C(F)(F)F)cc(C(F)(F)F)c1. The summed E-state index contributed by atoms with van der Waals surface area (Å²) in [6.07, 6.45) is -19.6. The standard InChI is InChI=1S/C9H4F6O2.C8H3BrF6/c10-8(11,12)5-1-4(7(16)17)2-6(3-5)9(13,14)15;9-6-2-4(7(10,11)12)1-5(3-6)8(13,14)15/h1-3H,(H,16,17);1-3H. The van der Waals surface area contributed by atoms with E-state index in [-0.39, 0.29) is 28.7 Å². The predicted octanol–water partition coefficient (Wildman–Crippen LogP) is 7.91. The van der Waals surface area contributed by atoms with Gasteiger partial charge in [-0.1, -0.05) is 15.9 Å². The molecule has 1 N–H and O–H groups in total. The van der Waals surface area contributed by atoms with Gasteiger partial charge in [-0.05, 0) is 36.4 Å². The number of hydrogen-bond acceptors (Lipinski definition) is 1. The van der Waals surface area contributed by atoms with Gasteiger partial charge >= 0.3 is 30.7 Å². The average Bonchev–Trinajstić information content (AvgIpc) is 2.58. The number of carbonyl (C=O) groups is 1. The molecule has 0 fully saturated rings. The lowest BCUT2D eigenvalue weighted by Crippen LogP contribution is -2.13. The van der Waals surface area contributed by atoms with E-state index in [1.54, 1.807) is 0 Å². The monoisotopic (exact) mass is 550 g/mol. The first-order valence-electron chi connectivity index (χ1n) is 7.60. The second kappa shape index (κ2) is 9.19. The Balaban J connectivity index is 0.000000323. The minimum absolute atomic E-state index is 0.0742. The molecule has 0 heterocycles. The second-order valence-corrected chi connectivity index (χ2v) is 6.74. The highest BCUT2D eigenvalue weighted by atomic mass is 79.9. The summed E-state index contributed by atoms with van der Waals surface area (Å²) in [5.74, 6) is -1.86. The highest BCUT2D eigenvalue weighted by Gasteiger charge is 2.38. The Hall–Kier alpha value is -2.45. The maximum atomic E-state index is 12.2. The van der Waals surface area contributed by atoms with Gasteiger partial charge in [0.1, 0.15) is 0 Å². The van der Waals surface area contributed by atoms with Crippen molar-refractivity contribution in [1.29, 1.82) is 0 Å². The first kappa shape index (κ1) is 27.6. The number of carboxylic acids is 1. The minimum atomic E-state index is -5.04. The van der Waals surface area contributed by atoms with E-state index in [1.165, 1.54) is 0 Å². The third-order valence-corrected chi connectivity index (χ3v) is 3.84. The number of benzene rings is 2. The summed E-state index contributed by atoms with van der Waals surface area (Å²) in [5.41, 5.74) is -7.02. The van der Waals surface area contributed by atoms with Crippen LogP contribution in [-0.4, -0.2) is 11.1 Å². The van der Waals surface area contributed by atoms with E-state index in [4.69, 9.17) is 5.11 Å². The van der Waals surface area contributed by atoms with Crippen molar-refractivity contribution in [2.75, 3.05) is 0 Å². The fourth-order valence-electron chi connectivity index (χ4n) is 2.00.